The number of halogens is 1. The van der Waals surface area contributed by atoms with Crippen LogP contribution in [0.15, 0.2) is 83.8 Å². The van der Waals surface area contributed by atoms with Crippen LogP contribution in [0.5, 0.6) is 0 Å². The third-order valence-electron chi connectivity index (χ3n) is 4.96. The van der Waals surface area contributed by atoms with Gasteiger partial charge in [0.2, 0.25) is 5.91 Å². The zero-order chi connectivity index (χ0) is 22.4. The number of nitrogens with one attached hydrogen (secondary N) is 1. The fourth-order valence-electron chi connectivity index (χ4n) is 3.23. The molecule has 1 N–H and O–H groups in total. The summed E-state index contributed by atoms with van der Waals surface area (Å²) in [5, 5.41) is 2.93. The summed E-state index contributed by atoms with van der Waals surface area (Å²) < 4.78 is 40.9. The van der Waals surface area contributed by atoms with Gasteiger partial charge < -0.3 is 5.32 Å². The maximum atomic E-state index is 13.3. The molecule has 5 nitrogen and oxygen atoms in total. The minimum absolute atomic E-state index is 0.0869. The van der Waals surface area contributed by atoms with Crippen LogP contribution in [0.1, 0.15) is 30.5 Å². The lowest BCUT2D eigenvalue weighted by atomic mass is 10.0. The molecule has 1 amide bonds. The molecule has 31 heavy (non-hydrogen) atoms. The molecule has 0 heterocycles. The van der Waals surface area contributed by atoms with Crippen molar-refractivity contribution in [3.63, 3.8) is 0 Å². The summed E-state index contributed by atoms with van der Waals surface area (Å²) in [6.45, 7) is 3.54. The molecule has 0 saturated carbocycles. The van der Waals surface area contributed by atoms with Crippen LogP contribution < -0.4 is 9.62 Å². The standard InChI is InChI=1S/C24H25FN2O3S/c1-3-23(19-11-9-18(2)10-12-19)26-24(28)17-27(21-7-5-4-6-8-21)31(29,30)22-15-13-20(25)14-16-22/h4-16,23H,3,17H2,1-2H3,(H,26,28)/t23-/m1/s1. The average molecular weight is 441 g/mol. The highest BCUT2D eigenvalue weighted by atomic mass is 32.2. The van der Waals surface area contributed by atoms with Crippen molar-refractivity contribution in [3.05, 3.63) is 95.8 Å². The first-order valence-corrected chi connectivity index (χ1v) is 11.4. The topological polar surface area (TPSA) is 66.5 Å². The molecule has 0 aliphatic heterocycles. The SMILES string of the molecule is CC[C@@H](NC(=O)CN(c1ccccc1)S(=O)(=O)c1ccc(F)cc1)c1ccc(C)cc1. The first-order chi connectivity index (χ1) is 14.8. The average Bonchev–Trinajstić information content (AvgIpc) is 2.77. The van der Waals surface area contributed by atoms with Gasteiger partial charge in [-0.3, -0.25) is 9.10 Å². The van der Waals surface area contributed by atoms with E-state index in [9.17, 15) is 17.6 Å². The van der Waals surface area contributed by atoms with Gasteiger partial charge in [-0.05, 0) is 55.3 Å². The van der Waals surface area contributed by atoms with E-state index < -0.39 is 28.3 Å². The Morgan fingerprint density at radius 3 is 2.16 bits per heavy atom. The van der Waals surface area contributed by atoms with Crippen LogP contribution >= 0.6 is 0 Å². The van der Waals surface area contributed by atoms with Crippen LogP contribution in [-0.2, 0) is 14.8 Å². The molecule has 0 aromatic heterocycles. The Balaban J connectivity index is 1.87. The van der Waals surface area contributed by atoms with E-state index in [1.54, 1.807) is 30.3 Å². The number of sulfonamides is 1. The summed E-state index contributed by atoms with van der Waals surface area (Å²) in [5.74, 6) is -0.964. The Morgan fingerprint density at radius 2 is 1.58 bits per heavy atom. The quantitative estimate of drug-likeness (QED) is 0.557. The van der Waals surface area contributed by atoms with Gasteiger partial charge in [-0.25, -0.2) is 12.8 Å². The number of aryl methyl sites for hydroxylation is 1. The van der Waals surface area contributed by atoms with Crippen LogP contribution in [0.25, 0.3) is 0 Å². The van der Waals surface area contributed by atoms with Crippen molar-refractivity contribution in [2.45, 2.75) is 31.2 Å². The van der Waals surface area contributed by atoms with Crippen molar-refractivity contribution in [1.82, 2.24) is 5.32 Å². The lowest BCUT2D eigenvalue weighted by Gasteiger charge is -2.25. The van der Waals surface area contributed by atoms with Crippen molar-refractivity contribution in [1.29, 1.82) is 0 Å². The fourth-order valence-corrected chi connectivity index (χ4v) is 4.65. The van der Waals surface area contributed by atoms with Crippen LogP contribution in [0, 0.1) is 12.7 Å². The fraction of sp³-hybridized carbons (Fsp3) is 0.208. The molecule has 1 atom stereocenters. The van der Waals surface area contributed by atoms with Crippen molar-refractivity contribution >= 4 is 21.6 Å². The Hall–Kier alpha value is -3.19. The highest BCUT2D eigenvalue weighted by Gasteiger charge is 2.28. The molecule has 0 bridgehead atoms. The van der Waals surface area contributed by atoms with Gasteiger partial charge in [0.15, 0.2) is 0 Å². The van der Waals surface area contributed by atoms with E-state index >= 15 is 0 Å². The highest BCUT2D eigenvalue weighted by molar-refractivity contribution is 7.92. The van der Waals surface area contributed by atoms with Gasteiger partial charge >= 0.3 is 0 Å². The van der Waals surface area contributed by atoms with E-state index in [-0.39, 0.29) is 10.9 Å². The Bertz CT molecular complexity index is 1120. The third-order valence-corrected chi connectivity index (χ3v) is 6.74. The largest absolute Gasteiger partial charge is 0.348 e. The van der Waals surface area contributed by atoms with E-state index in [2.05, 4.69) is 5.32 Å². The summed E-state index contributed by atoms with van der Waals surface area (Å²) in [7, 11) is -4.07. The Labute approximate surface area is 182 Å². The van der Waals surface area contributed by atoms with Gasteiger partial charge in [-0.15, -0.1) is 0 Å². The van der Waals surface area contributed by atoms with Crippen LogP contribution in [0.4, 0.5) is 10.1 Å². The van der Waals surface area contributed by atoms with Crippen LogP contribution in [0.3, 0.4) is 0 Å². The number of rotatable bonds is 8. The number of amides is 1. The zero-order valence-electron chi connectivity index (χ0n) is 17.5. The molecular formula is C24H25FN2O3S. The first-order valence-electron chi connectivity index (χ1n) is 10.0. The number of nitrogens with zero attached hydrogens (tertiary/aromatic N) is 1. The van der Waals surface area contributed by atoms with Crippen molar-refractivity contribution < 1.29 is 17.6 Å². The predicted octanol–water partition coefficient (Wildman–Crippen LogP) is 4.60. The van der Waals surface area contributed by atoms with E-state index in [1.165, 1.54) is 12.1 Å². The second kappa shape index (κ2) is 9.75. The van der Waals surface area contributed by atoms with Gasteiger partial charge in [0.05, 0.1) is 16.6 Å². The van der Waals surface area contributed by atoms with Crippen molar-refractivity contribution in [2.24, 2.45) is 0 Å². The molecule has 0 spiro atoms. The van der Waals surface area contributed by atoms with Gasteiger partial charge in [0, 0.05) is 0 Å². The molecule has 7 heteroatoms. The number of anilines is 1. The molecule has 0 saturated heterocycles. The second-order valence-electron chi connectivity index (χ2n) is 7.24. The summed E-state index contributed by atoms with van der Waals surface area (Å²) in [4.78, 5) is 12.8. The molecular weight excluding hydrogens is 415 g/mol. The van der Waals surface area contributed by atoms with Gasteiger partial charge in [0.25, 0.3) is 10.0 Å². The molecule has 3 aromatic carbocycles. The zero-order valence-corrected chi connectivity index (χ0v) is 18.3. The van der Waals surface area contributed by atoms with Crippen molar-refractivity contribution in [2.75, 3.05) is 10.8 Å². The normalized spacial score (nSPS) is 12.2. The number of hydrogen-bond donors (Lipinski definition) is 1. The maximum absolute atomic E-state index is 13.3. The molecule has 0 radical (unpaired) electrons. The molecule has 162 valence electrons. The molecule has 0 unspecified atom stereocenters. The third kappa shape index (κ3) is 5.49. The summed E-state index contributed by atoms with van der Waals surface area (Å²) in [6, 6.07) is 20.6. The maximum Gasteiger partial charge on any atom is 0.264 e. The van der Waals surface area contributed by atoms with Crippen molar-refractivity contribution in [3.8, 4) is 0 Å². The van der Waals surface area contributed by atoms with E-state index in [0.29, 0.717) is 12.1 Å². The van der Waals surface area contributed by atoms with Crippen LogP contribution in [0.2, 0.25) is 0 Å². The predicted molar refractivity (Wildman–Crippen MR) is 120 cm³/mol. The number of para-hydroxylation sites is 1. The summed E-state index contributed by atoms with van der Waals surface area (Å²) in [6.07, 6.45) is 0.658. The van der Waals surface area contributed by atoms with Gasteiger partial charge in [-0.2, -0.15) is 0 Å². The minimum atomic E-state index is -4.07. The minimum Gasteiger partial charge on any atom is -0.348 e. The summed E-state index contributed by atoms with van der Waals surface area (Å²) >= 11 is 0. The number of hydrogen-bond acceptors (Lipinski definition) is 3. The van der Waals surface area contributed by atoms with E-state index in [1.807, 2.05) is 38.1 Å². The lowest BCUT2D eigenvalue weighted by molar-refractivity contribution is -0.120. The Kier molecular flexibility index (Phi) is 7.07. The lowest BCUT2D eigenvalue weighted by Crippen LogP contribution is -2.42. The molecule has 0 aliphatic rings. The number of benzene rings is 3. The molecule has 0 aliphatic carbocycles. The van der Waals surface area contributed by atoms with Crippen LogP contribution in [-0.4, -0.2) is 20.9 Å². The Morgan fingerprint density at radius 1 is 0.968 bits per heavy atom. The van der Waals surface area contributed by atoms with Gasteiger partial charge in [0.1, 0.15) is 12.4 Å². The molecule has 0 fully saturated rings. The van der Waals surface area contributed by atoms with E-state index in [0.717, 1.165) is 27.6 Å². The molecule has 3 rings (SSSR count). The number of carbonyl (C=O) groups is 1. The molecule has 3 aromatic rings. The van der Waals surface area contributed by atoms with Gasteiger partial charge in [-0.1, -0.05) is 55.0 Å². The smallest absolute Gasteiger partial charge is 0.264 e. The summed E-state index contributed by atoms with van der Waals surface area (Å²) in [5.41, 5.74) is 2.42. The van der Waals surface area contributed by atoms with E-state index in [4.69, 9.17) is 0 Å². The first kappa shape index (κ1) is 22.5. The highest BCUT2D eigenvalue weighted by Crippen LogP contribution is 2.24. The second-order valence-corrected chi connectivity index (χ2v) is 9.10. The number of carbonyl (C=O) groups excluding carboxylic acids is 1. The monoisotopic (exact) mass is 440 g/mol.